The van der Waals surface area contributed by atoms with E-state index < -0.39 is 22.3 Å². The second-order valence-electron chi connectivity index (χ2n) is 13.4. The maximum atomic E-state index is 11.3. The Kier molecular flexibility index (Phi) is 7.32. The van der Waals surface area contributed by atoms with Gasteiger partial charge in [0.15, 0.2) is 5.79 Å². The van der Waals surface area contributed by atoms with Crippen LogP contribution in [0.1, 0.15) is 105 Å². The third kappa shape index (κ3) is 4.98. The van der Waals surface area contributed by atoms with E-state index in [4.69, 9.17) is 4.18 Å². The minimum absolute atomic E-state index is 0.0273. The van der Waals surface area contributed by atoms with Gasteiger partial charge >= 0.3 is 10.4 Å². The van der Waals surface area contributed by atoms with Gasteiger partial charge in [0.2, 0.25) is 0 Å². The molecule has 3 N–H and O–H groups in total. The van der Waals surface area contributed by atoms with Crippen molar-refractivity contribution in [3.8, 4) is 0 Å². The Morgan fingerprint density at radius 1 is 0.882 bits per heavy atom. The Morgan fingerprint density at radius 3 is 2.21 bits per heavy atom. The highest BCUT2D eigenvalue weighted by molar-refractivity contribution is 7.80. The van der Waals surface area contributed by atoms with Crippen molar-refractivity contribution in [2.24, 2.45) is 52.3 Å². The molecule has 6 nitrogen and oxygen atoms in total. The fraction of sp³-hybridized carbons (Fsp3) is 1.00. The van der Waals surface area contributed by atoms with Crippen LogP contribution < -0.4 is 0 Å². The maximum absolute atomic E-state index is 11.3. The molecule has 0 spiro atoms. The Labute approximate surface area is 207 Å². The molecule has 9 atom stereocenters. The van der Waals surface area contributed by atoms with E-state index in [1.807, 2.05) is 13.8 Å². The summed E-state index contributed by atoms with van der Waals surface area (Å²) in [6, 6.07) is 0. The largest absolute Gasteiger partial charge is 0.397 e. The molecule has 0 heterocycles. The first-order chi connectivity index (χ1) is 15.7. The zero-order chi connectivity index (χ0) is 25.1. The molecule has 7 heteroatoms. The number of hydrogen-bond donors (Lipinski definition) is 3. The van der Waals surface area contributed by atoms with Gasteiger partial charge in [-0.3, -0.25) is 4.55 Å². The van der Waals surface area contributed by atoms with Gasteiger partial charge in [-0.05, 0) is 110 Å². The van der Waals surface area contributed by atoms with Crippen molar-refractivity contribution >= 4 is 10.4 Å². The van der Waals surface area contributed by atoms with Crippen molar-refractivity contribution in [1.29, 1.82) is 0 Å². The molecule has 0 aromatic heterocycles. The molecule has 198 valence electrons. The van der Waals surface area contributed by atoms with Crippen LogP contribution in [0.5, 0.6) is 0 Å². The molecule has 4 rings (SSSR count). The number of fused-ring (bicyclic) bond motifs is 5. The lowest BCUT2D eigenvalue weighted by Gasteiger charge is -2.61. The normalized spacial score (nSPS) is 43.6. The molecule has 0 saturated heterocycles. The van der Waals surface area contributed by atoms with E-state index in [0.717, 1.165) is 31.1 Å². The van der Waals surface area contributed by atoms with E-state index in [0.29, 0.717) is 48.3 Å². The third-order valence-corrected chi connectivity index (χ3v) is 11.8. The van der Waals surface area contributed by atoms with Crippen molar-refractivity contribution in [3.63, 3.8) is 0 Å². The zero-order valence-corrected chi connectivity index (χ0v) is 22.7. The summed E-state index contributed by atoms with van der Waals surface area (Å²) in [5, 5.41) is 20.6. The molecule has 4 aliphatic rings. The van der Waals surface area contributed by atoms with Crippen LogP contribution in [0.2, 0.25) is 0 Å². The van der Waals surface area contributed by atoms with Crippen LogP contribution >= 0.6 is 0 Å². The Morgan fingerprint density at radius 2 is 1.56 bits per heavy atom. The molecular weight excluding hydrogens is 452 g/mol. The summed E-state index contributed by atoms with van der Waals surface area (Å²) in [7, 11) is -4.43. The molecule has 4 unspecified atom stereocenters. The maximum Gasteiger partial charge on any atom is 0.397 e. The number of hydrogen-bond acceptors (Lipinski definition) is 5. The average Bonchev–Trinajstić information content (AvgIpc) is 3.07. The summed E-state index contributed by atoms with van der Waals surface area (Å²) in [6.45, 7) is 11.2. The fourth-order valence-corrected chi connectivity index (χ4v) is 10.1. The molecule has 0 aliphatic heterocycles. The third-order valence-electron chi connectivity index (χ3n) is 11.4. The average molecular weight is 501 g/mol. The van der Waals surface area contributed by atoms with Gasteiger partial charge in [0, 0.05) is 12.8 Å². The molecule has 0 aromatic rings. The van der Waals surface area contributed by atoms with Crippen molar-refractivity contribution in [2.45, 2.75) is 117 Å². The van der Waals surface area contributed by atoms with Crippen LogP contribution in [0.4, 0.5) is 0 Å². The van der Waals surface area contributed by atoms with E-state index in [1.165, 1.54) is 32.1 Å². The summed E-state index contributed by atoms with van der Waals surface area (Å²) in [5.74, 6) is 2.28. The second-order valence-corrected chi connectivity index (χ2v) is 14.5. The van der Waals surface area contributed by atoms with Gasteiger partial charge in [0.05, 0.1) is 6.10 Å². The molecule has 4 aliphatic carbocycles. The lowest BCUT2D eigenvalue weighted by Crippen LogP contribution is -2.56. The van der Waals surface area contributed by atoms with Crippen LogP contribution in [-0.4, -0.2) is 35.1 Å². The van der Waals surface area contributed by atoms with Gasteiger partial charge in [-0.1, -0.05) is 34.6 Å². The van der Waals surface area contributed by atoms with Gasteiger partial charge in [0.1, 0.15) is 0 Å². The standard InChI is InChI=1S/C27H48O6S/c1-17(2)24(33-34(30,31)32)11-6-18(3)21-9-10-22-20-8-7-19-16-27(28,29)15-14-25(19,4)23(20)12-13-26(21,22)5/h17-24,28-29H,6-16H2,1-5H3,(H,30,31,32)/t18-,19+,20?,21-,22?,23?,24?,25+,26-/m1/s1. The lowest BCUT2D eigenvalue weighted by molar-refractivity contribution is -0.233. The summed E-state index contributed by atoms with van der Waals surface area (Å²) in [6.07, 6.45) is 10.4. The molecule has 4 saturated carbocycles. The lowest BCUT2D eigenvalue weighted by atomic mass is 9.44. The summed E-state index contributed by atoms with van der Waals surface area (Å²) in [5.41, 5.74) is 0.563. The summed E-state index contributed by atoms with van der Waals surface area (Å²) >= 11 is 0. The highest BCUT2D eigenvalue weighted by Gasteiger charge is 2.61. The van der Waals surface area contributed by atoms with Crippen molar-refractivity contribution in [1.82, 2.24) is 0 Å². The number of aliphatic hydroxyl groups is 2. The Balaban J connectivity index is 1.43. The second kappa shape index (κ2) is 9.27. The van der Waals surface area contributed by atoms with Crippen LogP contribution in [0, 0.1) is 52.3 Å². The van der Waals surface area contributed by atoms with Gasteiger partial charge in [-0.25, -0.2) is 4.18 Å². The molecule has 0 bridgehead atoms. The first kappa shape index (κ1) is 26.8. The van der Waals surface area contributed by atoms with Crippen LogP contribution in [0.25, 0.3) is 0 Å². The van der Waals surface area contributed by atoms with Gasteiger partial charge in [-0.2, -0.15) is 8.42 Å². The predicted molar refractivity (Wildman–Crippen MR) is 132 cm³/mol. The Hall–Kier alpha value is -0.210. The first-order valence-corrected chi connectivity index (χ1v) is 15.1. The topological polar surface area (TPSA) is 104 Å². The molecule has 4 fully saturated rings. The molecule has 0 aromatic carbocycles. The monoisotopic (exact) mass is 500 g/mol. The predicted octanol–water partition coefficient (Wildman–Crippen LogP) is 5.59. The Bertz CT molecular complexity index is 840. The smallest absolute Gasteiger partial charge is 0.366 e. The molecule has 0 amide bonds. The van der Waals surface area contributed by atoms with E-state index in [-0.39, 0.29) is 11.3 Å². The van der Waals surface area contributed by atoms with Crippen LogP contribution in [0.3, 0.4) is 0 Å². The van der Waals surface area contributed by atoms with Crippen LogP contribution in [-0.2, 0) is 14.6 Å². The van der Waals surface area contributed by atoms with Gasteiger partial charge in [0.25, 0.3) is 0 Å². The van der Waals surface area contributed by atoms with E-state index in [2.05, 4.69) is 20.8 Å². The molecular formula is C27H48O6S. The van der Waals surface area contributed by atoms with Gasteiger partial charge in [-0.15, -0.1) is 0 Å². The molecule has 34 heavy (non-hydrogen) atoms. The minimum atomic E-state index is -4.43. The summed E-state index contributed by atoms with van der Waals surface area (Å²) in [4.78, 5) is 0. The van der Waals surface area contributed by atoms with Crippen molar-refractivity contribution in [2.75, 3.05) is 0 Å². The van der Waals surface area contributed by atoms with Crippen molar-refractivity contribution < 1.29 is 27.4 Å². The quantitative estimate of drug-likeness (QED) is 0.311. The number of rotatable bonds is 7. The summed E-state index contributed by atoms with van der Waals surface area (Å²) < 4.78 is 36.7. The zero-order valence-electron chi connectivity index (χ0n) is 21.9. The van der Waals surface area contributed by atoms with E-state index in [9.17, 15) is 23.2 Å². The van der Waals surface area contributed by atoms with Crippen LogP contribution in [0.15, 0.2) is 0 Å². The van der Waals surface area contributed by atoms with Gasteiger partial charge < -0.3 is 10.2 Å². The van der Waals surface area contributed by atoms with E-state index >= 15 is 0 Å². The minimum Gasteiger partial charge on any atom is -0.366 e. The molecule has 0 radical (unpaired) electrons. The highest BCUT2D eigenvalue weighted by Crippen LogP contribution is 2.68. The highest BCUT2D eigenvalue weighted by atomic mass is 32.3. The first-order valence-electron chi connectivity index (χ1n) is 13.8. The van der Waals surface area contributed by atoms with E-state index in [1.54, 1.807) is 0 Å². The fourth-order valence-electron chi connectivity index (χ4n) is 9.48. The SMILES string of the molecule is CC(C)C(CC[C@@H](C)[C@H]1CCC2C3CC[C@H]4CC(O)(O)CC[C@]4(C)C3CC[C@@]21C)OS(=O)(=O)O. The van der Waals surface area contributed by atoms with Crippen molar-refractivity contribution in [3.05, 3.63) is 0 Å².